The zero-order chi connectivity index (χ0) is 4.50. The fourth-order valence-corrected chi connectivity index (χ4v) is 0. The van der Waals surface area contributed by atoms with Crippen LogP contribution in [0.3, 0.4) is 0 Å². The maximum atomic E-state index is 8.85. The summed E-state index contributed by atoms with van der Waals surface area (Å²) in [5, 5.41) is 0. The minimum Gasteiger partial charge on any atom is 0 e. The van der Waals surface area contributed by atoms with Gasteiger partial charge in [-0.05, 0) is 0 Å². The molecule has 0 amide bonds. The number of hydrogen-bond donors (Lipinski definition) is 2. The van der Waals surface area contributed by atoms with Crippen molar-refractivity contribution >= 4 is 36.6 Å². The second-order valence-corrected chi connectivity index (χ2v) is 3.00. The van der Waals surface area contributed by atoms with E-state index >= 15 is 0 Å². The van der Waals surface area contributed by atoms with Gasteiger partial charge in [-0.15, -0.1) is 0 Å². The van der Waals surface area contributed by atoms with Crippen LogP contribution in [0.25, 0.3) is 0 Å². The van der Waals surface area contributed by atoms with Gasteiger partial charge in [-0.2, -0.15) is 0 Å². The second kappa shape index (κ2) is 6.21. The molecule has 0 fully saturated rings. The molecular formula is H6GeO4TeTm. The van der Waals surface area contributed by atoms with Crippen molar-refractivity contribution in [2.45, 2.75) is 0 Å². The molecule has 0 aromatic heterocycles. The first kappa shape index (κ1) is 16.0. The van der Waals surface area contributed by atoms with E-state index in [0.717, 1.165) is 0 Å². The van der Waals surface area contributed by atoms with E-state index in [1.165, 1.54) is 0 Å². The molecule has 0 spiro atoms. The Morgan fingerprint density at radius 3 is 1.14 bits per heavy atom. The second-order valence-electron chi connectivity index (χ2n) is 0.448. The van der Waals surface area contributed by atoms with Gasteiger partial charge in [0.1, 0.15) is 0 Å². The Morgan fingerprint density at radius 1 is 1.14 bits per heavy atom. The Hall–Kier alpha value is 2.09. The van der Waals surface area contributed by atoms with E-state index in [-0.39, 0.29) is 54.5 Å². The molecule has 0 rings (SSSR count). The van der Waals surface area contributed by atoms with Crippen LogP contribution in [-0.4, -0.2) is 43.5 Å². The molecule has 0 aliphatic carbocycles. The molecule has 0 saturated heterocycles. The van der Waals surface area contributed by atoms with Crippen LogP contribution >= 0.6 is 0 Å². The van der Waals surface area contributed by atoms with Crippen LogP contribution < -0.4 is 0 Å². The van der Waals surface area contributed by atoms with Gasteiger partial charge in [-0.3, -0.25) is 0 Å². The van der Waals surface area contributed by atoms with Crippen LogP contribution in [0.5, 0.6) is 0 Å². The molecule has 0 aliphatic heterocycles. The van der Waals surface area contributed by atoms with Gasteiger partial charge >= 0.3 is 49.7 Å². The monoisotopic (exact) mass is 443 g/mol. The average Bonchev–Trinajstić information content (AvgIpc) is 0.722. The molecule has 0 unspecified atom stereocenters. The van der Waals surface area contributed by atoms with Crippen LogP contribution in [0.4, 0.5) is 0 Å². The summed E-state index contributed by atoms with van der Waals surface area (Å²) in [6, 6.07) is 0. The quantitative estimate of drug-likeness (QED) is 0.391. The molecule has 7 heteroatoms. The van der Waals surface area contributed by atoms with Crippen molar-refractivity contribution in [2.75, 3.05) is 0 Å². The van der Waals surface area contributed by atoms with Crippen molar-refractivity contribution in [3.05, 3.63) is 0 Å². The van der Waals surface area contributed by atoms with Gasteiger partial charge in [0.2, 0.25) is 0 Å². The summed E-state index contributed by atoms with van der Waals surface area (Å²) >= 11 is -5.52. The molecule has 0 atom stereocenters. The van der Waals surface area contributed by atoms with Gasteiger partial charge in [-0.25, -0.2) is 0 Å². The Morgan fingerprint density at radius 2 is 1.14 bits per heavy atom. The largest absolute Gasteiger partial charge is 0 e. The van der Waals surface area contributed by atoms with Gasteiger partial charge < -0.3 is 0 Å². The summed E-state index contributed by atoms with van der Waals surface area (Å²) in [5.41, 5.74) is 0. The molecular weight excluding hydrogens is 433 g/mol. The predicted octanol–water partition coefficient (Wildman–Crippen LogP) is -3.18. The van der Waals surface area contributed by atoms with E-state index in [2.05, 4.69) is 0 Å². The molecule has 7 heavy (non-hydrogen) atoms. The van der Waals surface area contributed by atoms with Gasteiger partial charge in [-0.1, -0.05) is 0 Å². The van der Waals surface area contributed by atoms with Crippen LogP contribution in [-0.2, 0) is 6.21 Å². The molecule has 0 saturated carbocycles. The van der Waals surface area contributed by atoms with Gasteiger partial charge in [0.15, 0.2) is 0 Å². The van der Waals surface area contributed by atoms with E-state index in [9.17, 15) is 0 Å². The molecule has 53 valence electrons. The van der Waals surface area contributed by atoms with E-state index < -0.39 is 19.0 Å². The fourth-order valence-electron chi connectivity index (χ4n) is 0. The SMILES string of the molecule is O=[Te](=O)(O)O.[GeH4].[Tm]. The predicted molar refractivity (Wildman–Crippen MR) is 22.9 cm³/mol. The third-order valence-electron chi connectivity index (χ3n) is 0. The third-order valence-corrected chi connectivity index (χ3v) is 0. The van der Waals surface area contributed by atoms with Crippen LogP contribution in [0.1, 0.15) is 0 Å². The van der Waals surface area contributed by atoms with E-state index in [1.54, 1.807) is 0 Å². The summed E-state index contributed by atoms with van der Waals surface area (Å²) in [6.45, 7) is 0. The first-order valence-electron chi connectivity index (χ1n) is 0.698. The van der Waals surface area contributed by atoms with Crippen LogP contribution in [0.15, 0.2) is 0 Å². The smallest absolute Gasteiger partial charge is 0 e. The van der Waals surface area contributed by atoms with E-state index in [1.807, 2.05) is 0 Å². The molecule has 0 aromatic carbocycles. The van der Waals surface area contributed by atoms with Crippen molar-refractivity contribution in [3.63, 3.8) is 0 Å². The molecule has 0 aromatic rings. The van der Waals surface area contributed by atoms with E-state index in [0.29, 0.717) is 0 Å². The molecule has 0 aliphatic rings. The van der Waals surface area contributed by atoms with Gasteiger partial charge in [0, 0.05) is 36.9 Å². The summed E-state index contributed by atoms with van der Waals surface area (Å²) in [5.74, 6) is 0. The average molecular weight is 439 g/mol. The molecule has 0 heterocycles. The Balaban J connectivity index is -0.0000000800. The van der Waals surface area contributed by atoms with Crippen molar-refractivity contribution in [3.8, 4) is 0 Å². The maximum Gasteiger partial charge on any atom is 0 e. The summed E-state index contributed by atoms with van der Waals surface area (Å²) in [7, 11) is 0. The first-order chi connectivity index (χ1) is 2.00. The molecule has 0 bridgehead atoms. The molecule has 4 nitrogen and oxygen atoms in total. The van der Waals surface area contributed by atoms with Crippen molar-refractivity contribution in [2.24, 2.45) is 0 Å². The van der Waals surface area contributed by atoms with Crippen molar-refractivity contribution < 1.29 is 50.0 Å². The normalized spacial score (nSPS) is 8.29. The third kappa shape index (κ3) is 68.8. The van der Waals surface area contributed by atoms with E-state index in [4.69, 9.17) is 13.2 Å². The van der Waals surface area contributed by atoms with Gasteiger partial charge in [0.05, 0.1) is 0 Å². The molecule has 2 N–H and O–H groups in total. The standard InChI is InChI=1S/GeH4.H2O4Te.Tm/c;1-5(2,3)4;/h1H4;(H2,1,2,3,4);. The van der Waals surface area contributed by atoms with Crippen molar-refractivity contribution in [1.29, 1.82) is 0 Å². The minimum atomic E-state index is -5.52. The summed E-state index contributed by atoms with van der Waals surface area (Å²) in [6.07, 6.45) is 0. The first-order valence-corrected chi connectivity index (χ1v) is 4.69. The Kier molecular flexibility index (Phi) is 14.2. The Labute approximate surface area is 85.1 Å². The topological polar surface area (TPSA) is 74.6 Å². The van der Waals surface area contributed by atoms with Crippen molar-refractivity contribution in [1.82, 2.24) is 0 Å². The van der Waals surface area contributed by atoms with Crippen LogP contribution in [0.2, 0.25) is 0 Å². The zero-order valence-corrected chi connectivity index (χ0v) is 6.51. The summed E-state index contributed by atoms with van der Waals surface area (Å²) < 4.78 is 32.0. The zero-order valence-electron chi connectivity index (χ0n) is 2.40. The Bertz CT molecular complexity index is 94.9. The minimum absolute atomic E-state index is 0. The number of rotatable bonds is 0. The number of hydrogen-bond acceptors (Lipinski definition) is 2. The van der Waals surface area contributed by atoms with Gasteiger partial charge in [0.25, 0.3) is 0 Å². The van der Waals surface area contributed by atoms with Crippen LogP contribution in [0, 0.1) is 36.9 Å². The molecule has 1 radical (unpaired) electrons. The fraction of sp³-hybridized carbons (Fsp3) is 0. The maximum absolute atomic E-state index is 8.85. The summed E-state index contributed by atoms with van der Waals surface area (Å²) in [4.78, 5) is 0.